The molecule has 4 heteroatoms. The maximum absolute atomic E-state index is 10.7. The molecule has 0 radical (unpaired) electrons. The highest BCUT2D eigenvalue weighted by Crippen LogP contribution is 2.24. The molecule has 1 fully saturated rings. The fourth-order valence-electron chi connectivity index (χ4n) is 2.53. The van der Waals surface area contributed by atoms with E-state index in [2.05, 4.69) is 17.0 Å². The average Bonchev–Trinajstić information content (AvgIpc) is 2.44. The van der Waals surface area contributed by atoms with Crippen molar-refractivity contribution in [2.75, 3.05) is 25.9 Å². The monoisotopic (exact) mass is 260 g/mol. The van der Waals surface area contributed by atoms with Crippen LogP contribution in [-0.4, -0.2) is 31.0 Å². The van der Waals surface area contributed by atoms with Crippen molar-refractivity contribution in [2.24, 2.45) is 5.92 Å². The molecule has 1 aromatic rings. The fraction of sp³-hybridized carbons (Fsp3) is 0.467. The van der Waals surface area contributed by atoms with Crippen LogP contribution in [0, 0.1) is 5.92 Å². The summed E-state index contributed by atoms with van der Waals surface area (Å²) in [6, 6.07) is 7.99. The lowest BCUT2D eigenvalue weighted by Gasteiger charge is -2.31. The van der Waals surface area contributed by atoms with E-state index in [-0.39, 0.29) is 5.92 Å². The van der Waals surface area contributed by atoms with Crippen LogP contribution in [0.4, 0.5) is 5.69 Å². The number of hydrogen-bond acceptors (Lipinski definition) is 4. The molecule has 102 valence electrons. The lowest BCUT2D eigenvalue weighted by molar-refractivity contribution is 0.151. The van der Waals surface area contributed by atoms with Gasteiger partial charge in [0.15, 0.2) is 11.7 Å². The van der Waals surface area contributed by atoms with Crippen LogP contribution in [0.2, 0.25) is 0 Å². The van der Waals surface area contributed by atoms with E-state index in [0.717, 1.165) is 38.2 Å². The van der Waals surface area contributed by atoms with Gasteiger partial charge in [-0.15, -0.1) is 0 Å². The third-order valence-electron chi connectivity index (χ3n) is 3.66. The molecule has 2 N–H and O–H groups in total. The number of nitrogen functional groups attached to an aromatic ring is 1. The number of nitrogens with two attached hydrogens (primary N) is 1. The van der Waals surface area contributed by atoms with Crippen molar-refractivity contribution in [1.29, 1.82) is 0 Å². The highest BCUT2D eigenvalue weighted by molar-refractivity contribution is 5.50. The third-order valence-corrected chi connectivity index (χ3v) is 3.66. The number of hydrogen-bond donors (Lipinski definition) is 1. The van der Waals surface area contributed by atoms with E-state index in [1.807, 2.05) is 18.1 Å². The minimum absolute atomic E-state index is 0.227. The van der Waals surface area contributed by atoms with Crippen molar-refractivity contribution < 1.29 is 9.53 Å². The number of likely N-dealkylation sites (tertiary alicyclic amines) is 1. The molecule has 0 aromatic heterocycles. The first-order chi connectivity index (χ1) is 9.22. The summed E-state index contributed by atoms with van der Waals surface area (Å²) in [6.45, 7) is 2.88. The predicted molar refractivity (Wildman–Crippen MR) is 75.1 cm³/mol. The molecular formula is C15H20N2O2. The van der Waals surface area contributed by atoms with Gasteiger partial charge in [0.1, 0.15) is 0 Å². The summed E-state index contributed by atoms with van der Waals surface area (Å²) < 4.78 is 5.07. The molecule has 0 saturated carbocycles. The molecule has 0 unspecified atom stereocenters. The van der Waals surface area contributed by atoms with Gasteiger partial charge in [-0.1, -0.05) is 12.1 Å². The smallest absolute Gasteiger partial charge is 0.182 e. The Morgan fingerprint density at radius 2 is 2.00 bits per heavy atom. The summed E-state index contributed by atoms with van der Waals surface area (Å²) in [6.07, 6.45) is 1.90. The summed E-state index contributed by atoms with van der Waals surface area (Å²) in [5.41, 5.74) is 7.74. The Hall–Kier alpha value is -1.77. The van der Waals surface area contributed by atoms with Gasteiger partial charge >= 0.3 is 0 Å². The highest BCUT2D eigenvalue weighted by Gasteiger charge is 2.23. The first-order valence-corrected chi connectivity index (χ1v) is 6.58. The molecule has 4 nitrogen and oxygen atoms in total. The highest BCUT2D eigenvalue weighted by atomic mass is 16.5. The van der Waals surface area contributed by atoms with Gasteiger partial charge in [-0.05, 0) is 43.6 Å². The van der Waals surface area contributed by atoms with E-state index in [1.165, 1.54) is 5.56 Å². The van der Waals surface area contributed by atoms with E-state index in [0.29, 0.717) is 5.76 Å². The zero-order valence-corrected chi connectivity index (χ0v) is 11.3. The summed E-state index contributed by atoms with van der Waals surface area (Å²) in [5, 5.41) is 0. The normalized spacial score (nSPS) is 16.9. The molecule has 1 saturated heterocycles. The van der Waals surface area contributed by atoms with E-state index >= 15 is 0 Å². The number of nitrogens with zero attached hydrogens (tertiary/aromatic N) is 1. The van der Waals surface area contributed by atoms with Crippen LogP contribution >= 0.6 is 0 Å². The molecule has 0 bridgehead atoms. The van der Waals surface area contributed by atoms with Crippen LogP contribution < -0.4 is 5.73 Å². The van der Waals surface area contributed by atoms with Gasteiger partial charge in [0.05, 0.1) is 7.11 Å². The lowest BCUT2D eigenvalue weighted by Crippen LogP contribution is -2.34. The SMILES string of the molecule is COC(=C=O)C1CCN(Cc2ccc(N)cc2)CC1. The predicted octanol–water partition coefficient (Wildman–Crippen LogP) is 1.84. The average molecular weight is 260 g/mol. The quantitative estimate of drug-likeness (QED) is 0.510. The van der Waals surface area contributed by atoms with Crippen LogP contribution in [0.1, 0.15) is 18.4 Å². The Labute approximate surface area is 113 Å². The van der Waals surface area contributed by atoms with E-state index < -0.39 is 0 Å². The number of rotatable bonds is 4. The zero-order chi connectivity index (χ0) is 13.7. The molecular weight excluding hydrogens is 240 g/mol. The molecule has 1 heterocycles. The Morgan fingerprint density at radius 1 is 1.37 bits per heavy atom. The Balaban J connectivity index is 1.86. The van der Waals surface area contributed by atoms with E-state index in [1.54, 1.807) is 7.11 Å². The summed E-state index contributed by atoms with van der Waals surface area (Å²) in [4.78, 5) is 13.1. The van der Waals surface area contributed by atoms with Gasteiger partial charge in [0.2, 0.25) is 0 Å². The second-order valence-electron chi connectivity index (χ2n) is 4.96. The number of methoxy groups -OCH3 is 1. The van der Waals surface area contributed by atoms with Crippen molar-refractivity contribution in [2.45, 2.75) is 19.4 Å². The lowest BCUT2D eigenvalue weighted by atomic mass is 9.95. The molecule has 1 aliphatic rings. The minimum Gasteiger partial charge on any atom is -0.490 e. The Bertz CT molecular complexity index is 456. The maximum atomic E-state index is 10.7. The van der Waals surface area contributed by atoms with Crippen LogP contribution in [0.3, 0.4) is 0 Å². The Morgan fingerprint density at radius 3 is 2.53 bits per heavy atom. The molecule has 0 amide bonds. The van der Waals surface area contributed by atoms with Crippen LogP contribution in [0.25, 0.3) is 0 Å². The number of ether oxygens (including phenoxy) is 1. The largest absolute Gasteiger partial charge is 0.490 e. The standard InChI is InChI=1S/C15H20N2O2/c1-19-15(11-18)13-6-8-17(9-7-13)10-12-2-4-14(16)5-3-12/h2-5,13H,6-10,16H2,1H3. The number of allylic oxidation sites excluding steroid dienone is 1. The molecule has 19 heavy (non-hydrogen) atoms. The Kier molecular flexibility index (Phi) is 4.61. The van der Waals surface area contributed by atoms with Crippen LogP contribution in [0.15, 0.2) is 30.0 Å². The second-order valence-corrected chi connectivity index (χ2v) is 4.96. The number of carbonyl (C=O) groups excluding carboxylic acids is 1. The summed E-state index contributed by atoms with van der Waals surface area (Å²) in [5.74, 6) is 2.60. The van der Waals surface area contributed by atoms with Gasteiger partial charge in [-0.3, -0.25) is 4.90 Å². The molecule has 1 aliphatic heterocycles. The fourth-order valence-corrected chi connectivity index (χ4v) is 2.53. The van der Waals surface area contributed by atoms with Crippen LogP contribution in [-0.2, 0) is 16.1 Å². The van der Waals surface area contributed by atoms with Gasteiger partial charge in [0, 0.05) is 18.2 Å². The van der Waals surface area contributed by atoms with Gasteiger partial charge in [-0.25, -0.2) is 4.79 Å². The second kappa shape index (κ2) is 6.41. The molecule has 2 rings (SSSR count). The topological polar surface area (TPSA) is 55.6 Å². The summed E-state index contributed by atoms with van der Waals surface area (Å²) in [7, 11) is 1.54. The molecule has 0 aliphatic carbocycles. The van der Waals surface area contributed by atoms with Crippen molar-refractivity contribution in [3.63, 3.8) is 0 Å². The molecule has 0 atom stereocenters. The molecule has 0 spiro atoms. The van der Waals surface area contributed by atoms with Crippen molar-refractivity contribution >= 4 is 11.6 Å². The van der Waals surface area contributed by atoms with Crippen LogP contribution in [0.5, 0.6) is 0 Å². The third kappa shape index (κ3) is 3.60. The van der Waals surface area contributed by atoms with E-state index in [9.17, 15) is 4.79 Å². The molecule has 1 aromatic carbocycles. The van der Waals surface area contributed by atoms with Crippen molar-refractivity contribution in [3.8, 4) is 0 Å². The van der Waals surface area contributed by atoms with Crippen molar-refractivity contribution in [3.05, 3.63) is 35.6 Å². The first-order valence-electron chi connectivity index (χ1n) is 6.58. The van der Waals surface area contributed by atoms with Gasteiger partial charge in [0.25, 0.3) is 0 Å². The van der Waals surface area contributed by atoms with Gasteiger partial charge in [-0.2, -0.15) is 0 Å². The summed E-state index contributed by atoms with van der Waals surface area (Å²) >= 11 is 0. The minimum atomic E-state index is 0.227. The van der Waals surface area contributed by atoms with E-state index in [4.69, 9.17) is 10.5 Å². The number of benzene rings is 1. The first kappa shape index (κ1) is 13.7. The number of piperidine rings is 1. The van der Waals surface area contributed by atoms with Crippen molar-refractivity contribution in [1.82, 2.24) is 4.90 Å². The zero-order valence-electron chi connectivity index (χ0n) is 11.3. The maximum Gasteiger partial charge on any atom is 0.182 e. The number of anilines is 1. The van der Waals surface area contributed by atoms with Gasteiger partial charge < -0.3 is 10.5 Å².